The Hall–Kier alpha value is -1.83. The lowest BCUT2D eigenvalue weighted by Crippen LogP contribution is -2.09. The van der Waals surface area contributed by atoms with E-state index in [2.05, 4.69) is 9.55 Å². The van der Waals surface area contributed by atoms with E-state index in [1.165, 1.54) is 25.0 Å². The minimum absolute atomic E-state index is 0.0594. The Bertz CT molecular complexity index is 1220. The van der Waals surface area contributed by atoms with Crippen molar-refractivity contribution in [3.63, 3.8) is 0 Å². The minimum atomic E-state index is -3.44. The summed E-state index contributed by atoms with van der Waals surface area (Å²) in [6, 6.07) is 4.49. The van der Waals surface area contributed by atoms with E-state index in [0.717, 1.165) is 48.2 Å². The molecule has 6 nitrogen and oxygen atoms in total. The van der Waals surface area contributed by atoms with Crippen molar-refractivity contribution >= 4 is 49.9 Å². The Kier molecular flexibility index (Phi) is 6.47. The summed E-state index contributed by atoms with van der Waals surface area (Å²) in [5, 5.41) is 0.591. The van der Waals surface area contributed by atoms with Gasteiger partial charge in [0.25, 0.3) is 0 Å². The molecule has 1 saturated carbocycles. The van der Waals surface area contributed by atoms with Gasteiger partial charge in [-0.25, -0.2) is 18.4 Å². The third kappa shape index (κ3) is 4.99. The van der Waals surface area contributed by atoms with Crippen molar-refractivity contribution in [3.8, 4) is 0 Å². The topological polar surface area (TPSA) is 90.9 Å². The third-order valence-electron chi connectivity index (χ3n) is 5.75. The van der Waals surface area contributed by atoms with E-state index in [9.17, 15) is 8.42 Å². The van der Waals surface area contributed by atoms with Gasteiger partial charge >= 0.3 is 0 Å². The first kappa shape index (κ1) is 22.4. The maximum atomic E-state index is 12.6. The fourth-order valence-electron chi connectivity index (χ4n) is 3.92. The van der Waals surface area contributed by atoms with Crippen LogP contribution in [0.5, 0.6) is 0 Å². The molecule has 1 aromatic carbocycles. The monoisotopic (exact) mass is 480 g/mol. The predicted molar refractivity (Wildman–Crippen MR) is 125 cm³/mol. The number of nitrogens with zero attached hydrogens (tertiary/aromatic N) is 3. The number of benzene rings is 1. The lowest BCUT2D eigenvalue weighted by molar-refractivity contribution is 0.569. The molecular formula is C22H26Cl2N4O2S. The van der Waals surface area contributed by atoms with Crippen LogP contribution in [0, 0.1) is 12.8 Å². The Morgan fingerprint density at radius 3 is 2.68 bits per heavy atom. The Morgan fingerprint density at radius 1 is 1.19 bits per heavy atom. The maximum Gasteiger partial charge on any atom is 0.179 e. The molecule has 0 bridgehead atoms. The fourth-order valence-corrected chi connectivity index (χ4v) is 6.12. The number of unbranched alkanes of at least 4 members (excludes halogenated alkanes) is 2. The number of nitrogen functional groups attached to an aromatic ring is 1. The molecule has 9 heteroatoms. The minimum Gasteiger partial charge on any atom is -0.382 e. The average molecular weight is 481 g/mol. The lowest BCUT2D eigenvalue weighted by atomic mass is 10.2. The highest BCUT2D eigenvalue weighted by Gasteiger charge is 2.26. The van der Waals surface area contributed by atoms with Crippen LogP contribution in [-0.4, -0.2) is 28.7 Å². The first-order valence-corrected chi connectivity index (χ1v) is 12.9. The Balaban J connectivity index is 1.42. The number of fused-ring (bicyclic) bond motifs is 1. The molecule has 0 radical (unpaired) electrons. The Morgan fingerprint density at radius 2 is 1.97 bits per heavy atom. The number of rotatable bonds is 9. The summed E-state index contributed by atoms with van der Waals surface area (Å²) < 4.78 is 27.5. The average Bonchev–Trinajstić information content (AvgIpc) is 3.44. The number of imidazole rings is 1. The fraction of sp³-hybridized carbons (Fsp3) is 0.455. The molecule has 1 aliphatic carbocycles. The van der Waals surface area contributed by atoms with Gasteiger partial charge in [-0.3, -0.25) is 0 Å². The summed E-state index contributed by atoms with van der Waals surface area (Å²) in [7, 11) is -3.44. The molecule has 1 aliphatic rings. The first-order valence-electron chi connectivity index (χ1n) is 10.5. The molecule has 2 N–H and O–H groups in total. The van der Waals surface area contributed by atoms with Crippen molar-refractivity contribution in [1.29, 1.82) is 0 Å². The van der Waals surface area contributed by atoms with Gasteiger partial charge in [0.1, 0.15) is 11.3 Å². The van der Waals surface area contributed by atoms with E-state index in [4.69, 9.17) is 33.9 Å². The molecule has 0 saturated heterocycles. The molecule has 0 amide bonds. The second kappa shape index (κ2) is 8.96. The number of aromatic nitrogens is 3. The standard InChI is InChI=1S/C22H26Cl2N4O2S/c1-14-13-26-22(25)20-21(14)28(19(27-20)11-15-5-6-15)9-3-2-4-10-31(29,30)18-8-7-16(23)12-17(18)24/h7-8,12-13,15H,2-6,9-11H2,1H3,(H2,25,26). The molecule has 3 aromatic rings. The van der Waals surface area contributed by atoms with Gasteiger partial charge in [-0.2, -0.15) is 0 Å². The highest BCUT2D eigenvalue weighted by atomic mass is 35.5. The van der Waals surface area contributed by atoms with Gasteiger partial charge in [0.05, 0.1) is 21.2 Å². The van der Waals surface area contributed by atoms with Crippen LogP contribution in [0.25, 0.3) is 11.0 Å². The van der Waals surface area contributed by atoms with E-state index in [-0.39, 0.29) is 15.7 Å². The smallest absolute Gasteiger partial charge is 0.179 e. The lowest BCUT2D eigenvalue weighted by Gasteiger charge is -2.11. The summed E-state index contributed by atoms with van der Waals surface area (Å²) in [6.07, 6.45) is 7.45. The third-order valence-corrected chi connectivity index (χ3v) is 8.26. The SMILES string of the molecule is Cc1cnc(N)c2nc(CC3CC3)n(CCCCCS(=O)(=O)c3ccc(Cl)cc3Cl)c12. The quantitative estimate of drug-likeness (QED) is 0.423. The van der Waals surface area contributed by atoms with Crippen LogP contribution in [0.1, 0.15) is 43.5 Å². The molecule has 166 valence electrons. The molecule has 31 heavy (non-hydrogen) atoms. The largest absolute Gasteiger partial charge is 0.382 e. The second-order valence-electron chi connectivity index (χ2n) is 8.31. The van der Waals surface area contributed by atoms with Gasteiger partial charge < -0.3 is 10.3 Å². The number of aryl methyl sites for hydroxylation is 2. The number of nitrogens with two attached hydrogens (primary N) is 1. The van der Waals surface area contributed by atoms with Crippen molar-refractivity contribution in [3.05, 3.63) is 45.8 Å². The molecule has 2 heterocycles. The van der Waals surface area contributed by atoms with E-state index >= 15 is 0 Å². The van der Waals surface area contributed by atoms with Crippen LogP contribution in [0.3, 0.4) is 0 Å². The molecule has 0 aliphatic heterocycles. The number of anilines is 1. The van der Waals surface area contributed by atoms with Gasteiger partial charge in [0.15, 0.2) is 15.7 Å². The molecular weight excluding hydrogens is 455 g/mol. The van der Waals surface area contributed by atoms with Crippen molar-refractivity contribution in [2.45, 2.75) is 56.9 Å². The molecule has 4 rings (SSSR count). The number of sulfone groups is 1. The number of hydrogen-bond donors (Lipinski definition) is 1. The molecule has 2 aromatic heterocycles. The highest BCUT2D eigenvalue weighted by molar-refractivity contribution is 7.91. The van der Waals surface area contributed by atoms with Gasteiger partial charge in [-0.15, -0.1) is 0 Å². The van der Waals surface area contributed by atoms with Gasteiger partial charge in [-0.05, 0) is 62.3 Å². The zero-order chi connectivity index (χ0) is 22.2. The van der Waals surface area contributed by atoms with Crippen LogP contribution in [0.2, 0.25) is 10.0 Å². The van der Waals surface area contributed by atoms with E-state index in [1.807, 2.05) is 6.92 Å². The van der Waals surface area contributed by atoms with Crippen molar-refractivity contribution < 1.29 is 8.42 Å². The van der Waals surface area contributed by atoms with Crippen LogP contribution in [0.15, 0.2) is 29.3 Å². The molecule has 0 spiro atoms. The van der Waals surface area contributed by atoms with E-state index < -0.39 is 9.84 Å². The first-order chi connectivity index (χ1) is 14.8. The normalized spacial score (nSPS) is 14.4. The van der Waals surface area contributed by atoms with Crippen LogP contribution in [0.4, 0.5) is 5.82 Å². The van der Waals surface area contributed by atoms with Crippen LogP contribution in [-0.2, 0) is 22.8 Å². The molecule has 1 fully saturated rings. The predicted octanol–water partition coefficient (Wildman–Crippen LogP) is 5.23. The van der Waals surface area contributed by atoms with Crippen LogP contribution >= 0.6 is 23.2 Å². The van der Waals surface area contributed by atoms with Crippen molar-refractivity contribution in [2.24, 2.45) is 5.92 Å². The van der Waals surface area contributed by atoms with Crippen molar-refractivity contribution in [2.75, 3.05) is 11.5 Å². The molecule has 0 unspecified atom stereocenters. The second-order valence-corrected chi connectivity index (χ2v) is 11.2. The van der Waals surface area contributed by atoms with Crippen LogP contribution < -0.4 is 5.73 Å². The summed E-state index contributed by atoms with van der Waals surface area (Å²) in [6.45, 7) is 2.81. The summed E-state index contributed by atoms with van der Waals surface area (Å²) in [5.74, 6) is 2.28. The summed E-state index contributed by atoms with van der Waals surface area (Å²) in [4.78, 5) is 9.20. The Labute approximate surface area is 192 Å². The summed E-state index contributed by atoms with van der Waals surface area (Å²) in [5.41, 5.74) is 8.96. The molecule has 0 atom stereocenters. The zero-order valence-electron chi connectivity index (χ0n) is 17.4. The summed E-state index contributed by atoms with van der Waals surface area (Å²) >= 11 is 12.0. The van der Waals surface area contributed by atoms with Gasteiger partial charge in [0.2, 0.25) is 0 Å². The number of hydrogen-bond acceptors (Lipinski definition) is 5. The number of halogens is 2. The number of pyridine rings is 1. The maximum absolute atomic E-state index is 12.6. The van der Waals surface area contributed by atoms with E-state index in [1.54, 1.807) is 12.3 Å². The van der Waals surface area contributed by atoms with Gasteiger partial charge in [0, 0.05) is 24.2 Å². The van der Waals surface area contributed by atoms with Gasteiger partial charge in [-0.1, -0.05) is 29.6 Å². The highest BCUT2D eigenvalue weighted by Crippen LogP contribution is 2.34. The van der Waals surface area contributed by atoms with Crippen molar-refractivity contribution in [1.82, 2.24) is 14.5 Å². The van der Waals surface area contributed by atoms with E-state index in [0.29, 0.717) is 23.2 Å². The zero-order valence-corrected chi connectivity index (χ0v) is 19.8.